The maximum Gasteiger partial charge on any atom is 0.171 e. The minimum absolute atomic E-state index is 0.0428. The second-order valence-corrected chi connectivity index (χ2v) is 7.20. The Labute approximate surface area is 122 Å². The molecular weight excluding hydrogens is 300 g/mol. The molecule has 1 fully saturated rings. The van der Waals surface area contributed by atoms with Crippen LogP contribution in [0.3, 0.4) is 0 Å². The molecule has 1 aromatic rings. The van der Waals surface area contributed by atoms with Crippen molar-refractivity contribution in [3.63, 3.8) is 0 Å². The molecule has 0 aliphatic carbocycles. The fourth-order valence-electron chi connectivity index (χ4n) is 1.99. The normalized spacial score (nSPS) is 20.3. The quantitative estimate of drug-likeness (QED) is 0.728. The Hall–Kier alpha value is -1.67. The van der Waals surface area contributed by atoms with Gasteiger partial charge in [-0.1, -0.05) is 12.1 Å². The van der Waals surface area contributed by atoms with E-state index in [4.69, 9.17) is 12.2 Å². The number of carboxylic acid groups (broad SMARTS) is 1. The Balaban J connectivity index is 1.95. The van der Waals surface area contributed by atoms with Gasteiger partial charge >= 0.3 is 0 Å². The third-order valence-electron chi connectivity index (χ3n) is 2.92. The van der Waals surface area contributed by atoms with Crippen molar-refractivity contribution in [2.24, 2.45) is 0 Å². The fourth-order valence-corrected chi connectivity index (χ4v) is 3.94. The van der Waals surface area contributed by atoms with E-state index in [1.54, 1.807) is 12.1 Å². The van der Waals surface area contributed by atoms with E-state index >= 15 is 0 Å². The van der Waals surface area contributed by atoms with Gasteiger partial charge in [-0.15, -0.1) is 0 Å². The molecule has 1 aliphatic rings. The molecule has 20 heavy (non-hydrogen) atoms. The summed E-state index contributed by atoms with van der Waals surface area (Å²) in [5.74, 6) is -1.05. The minimum Gasteiger partial charge on any atom is -0.545 e. The van der Waals surface area contributed by atoms with Gasteiger partial charge in [0.1, 0.15) is 0 Å². The molecule has 0 spiro atoms. The maximum atomic E-state index is 11.3. The molecular formula is C12H13N2O4S2-. The molecule has 1 aromatic carbocycles. The van der Waals surface area contributed by atoms with Crippen molar-refractivity contribution >= 4 is 38.8 Å². The van der Waals surface area contributed by atoms with E-state index in [2.05, 4.69) is 10.6 Å². The van der Waals surface area contributed by atoms with Gasteiger partial charge in [0, 0.05) is 11.7 Å². The summed E-state index contributed by atoms with van der Waals surface area (Å²) in [6.45, 7) is 0. The molecule has 0 saturated carbocycles. The summed E-state index contributed by atoms with van der Waals surface area (Å²) in [4.78, 5) is 10.7. The van der Waals surface area contributed by atoms with Gasteiger partial charge in [-0.25, -0.2) is 8.42 Å². The molecule has 0 bridgehead atoms. The van der Waals surface area contributed by atoms with Crippen LogP contribution in [0.2, 0.25) is 0 Å². The number of thiocarbonyl (C=S) groups is 1. The van der Waals surface area contributed by atoms with E-state index in [-0.39, 0.29) is 28.2 Å². The number of rotatable bonds is 3. The molecule has 1 aliphatic heterocycles. The number of hydrogen-bond donors (Lipinski definition) is 2. The summed E-state index contributed by atoms with van der Waals surface area (Å²) in [5, 5.41) is 16.7. The number of carboxylic acids is 1. The van der Waals surface area contributed by atoms with Crippen LogP contribution in [0.1, 0.15) is 16.8 Å². The van der Waals surface area contributed by atoms with Crippen LogP contribution < -0.4 is 15.7 Å². The topological polar surface area (TPSA) is 98.3 Å². The lowest BCUT2D eigenvalue weighted by Crippen LogP contribution is -2.38. The zero-order valence-electron chi connectivity index (χ0n) is 10.5. The lowest BCUT2D eigenvalue weighted by molar-refractivity contribution is -0.255. The number of sulfone groups is 1. The zero-order chi connectivity index (χ0) is 14.8. The standard InChI is InChI=1S/C12H14N2O4S2/c15-11(16)8-2-1-3-9(6-8)13-12(19)14-10-4-5-20(17,18)7-10/h1-3,6,10H,4-5,7H2,(H,15,16)(H2,13,14,19)/p-1/t10-/m1/s1. The Morgan fingerprint density at radius 2 is 2.15 bits per heavy atom. The largest absolute Gasteiger partial charge is 0.545 e. The highest BCUT2D eigenvalue weighted by Gasteiger charge is 2.28. The van der Waals surface area contributed by atoms with Crippen molar-refractivity contribution in [1.82, 2.24) is 5.32 Å². The van der Waals surface area contributed by atoms with Gasteiger partial charge in [0.05, 0.1) is 17.5 Å². The van der Waals surface area contributed by atoms with E-state index in [0.29, 0.717) is 12.1 Å². The highest BCUT2D eigenvalue weighted by molar-refractivity contribution is 7.91. The van der Waals surface area contributed by atoms with Gasteiger partial charge in [0.25, 0.3) is 0 Å². The van der Waals surface area contributed by atoms with E-state index in [1.165, 1.54) is 12.1 Å². The van der Waals surface area contributed by atoms with Gasteiger partial charge in [-0.05, 0) is 36.3 Å². The second-order valence-electron chi connectivity index (χ2n) is 4.57. The Kier molecular flexibility index (Phi) is 4.24. The van der Waals surface area contributed by atoms with E-state index in [9.17, 15) is 18.3 Å². The average molecular weight is 313 g/mol. The average Bonchev–Trinajstić information content (AvgIpc) is 2.68. The van der Waals surface area contributed by atoms with Gasteiger partial charge < -0.3 is 20.5 Å². The van der Waals surface area contributed by atoms with Crippen LogP contribution in [-0.4, -0.2) is 37.0 Å². The molecule has 0 radical (unpaired) electrons. The number of carbonyl (C=O) groups is 1. The molecule has 1 atom stereocenters. The summed E-state index contributed by atoms with van der Waals surface area (Å²) in [6.07, 6.45) is 0.517. The van der Waals surface area contributed by atoms with Crippen LogP contribution >= 0.6 is 12.2 Å². The summed E-state index contributed by atoms with van der Waals surface area (Å²) in [6, 6.07) is 5.83. The molecule has 2 N–H and O–H groups in total. The van der Waals surface area contributed by atoms with Crippen molar-refractivity contribution in [3.05, 3.63) is 29.8 Å². The molecule has 8 heteroatoms. The molecule has 108 valence electrons. The first-order chi connectivity index (χ1) is 9.35. The number of hydrogen-bond acceptors (Lipinski definition) is 5. The molecule has 6 nitrogen and oxygen atoms in total. The summed E-state index contributed by atoms with van der Waals surface area (Å²) in [5.41, 5.74) is 0.547. The predicted molar refractivity (Wildman–Crippen MR) is 77.2 cm³/mol. The van der Waals surface area contributed by atoms with Crippen LogP contribution in [0, 0.1) is 0 Å². The maximum absolute atomic E-state index is 11.3. The Morgan fingerprint density at radius 1 is 1.40 bits per heavy atom. The van der Waals surface area contributed by atoms with Crippen molar-refractivity contribution in [2.75, 3.05) is 16.8 Å². The van der Waals surface area contributed by atoms with E-state index in [1.807, 2.05) is 0 Å². The second kappa shape index (κ2) is 5.76. The number of aromatic carboxylic acids is 1. The van der Waals surface area contributed by atoms with Crippen molar-refractivity contribution in [3.8, 4) is 0 Å². The van der Waals surface area contributed by atoms with Crippen LogP contribution in [0.15, 0.2) is 24.3 Å². The SMILES string of the molecule is O=C([O-])c1cccc(NC(=S)N[C@@H]2CCS(=O)(=O)C2)c1. The molecule has 2 rings (SSSR count). The van der Waals surface area contributed by atoms with E-state index < -0.39 is 15.8 Å². The fraction of sp³-hybridized carbons (Fsp3) is 0.333. The van der Waals surface area contributed by atoms with Crippen molar-refractivity contribution in [1.29, 1.82) is 0 Å². The lowest BCUT2D eigenvalue weighted by Gasteiger charge is -2.15. The first-order valence-corrected chi connectivity index (χ1v) is 8.18. The monoisotopic (exact) mass is 313 g/mol. The first-order valence-electron chi connectivity index (χ1n) is 5.95. The van der Waals surface area contributed by atoms with Crippen LogP contribution in [0.5, 0.6) is 0 Å². The molecule has 1 saturated heterocycles. The highest BCUT2D eigenvalue weighted by atomic mass is 32.2. The van der Waals surface area contributed by atoms with Gasteiger partial charge in [0.15, 0.2) is 14.9 Å². The summed E-state index contributed by atoms with van der Waals surface area (Å²) < 4.78 is 22.6. The van der Waals surface area contributed by atoms with Crippen LogP contribution in [0.4, 0.5) is 5.69 Å². The lowest BCUT2D eigenvalue weighted by atomic mass is 10.2. The van der Waals surface area contributed by atoms with E-state index in [0.717, 1.165) is 0 Å². The van der Waals surface area contributed by atoms with Crippen LogP contribution in [0.25, 0.3) is 0 Å². The number of nitrogens with one attached hydrogen (secondary N) is 2. The minimum atomic E-state index is -2.97. The molecule has 0 aromatic heterocycles. The third-order valence-corrected chi connectivity index (χ3v) is 4.91. The van der Waals surface area contributed by atoms with Crippen LogP contribution in [-0.2, 0) is 9.84 Å². The smallest absolute Gasteiger partial charge is 0.171 e. The molecule has 0 amide bonds. The number of carbonyl (C=O) groups excluding carboxylic acids is 1. The first kappa shape index (κ1) is 14.7. The van der Waals surface area contributed by atoms with Crippen molar-refractivity contribution < 1.29 is 18.3 Å². The molecule has 0 unspecified atom stereocenters. The van der Waals surface area contributed by atoms with Gasteiger partial charge in [0.2, 0.25) is 0 Å². The predicted octanol–water partition coefficient (Wildman–Crippen LogP) is -0.476. The highest BCUT2D eigenvalue weighted by Crippen LogP contribution is 2.13. The summed E-state index contributed by atoms with van der Waals surface area (Å²) in [7, 11) is -2.97. The summed E-state index contributed by atoms with van der Waals surface area (Å²) >= 11 is 5.08. The Morgan fingerprint density at radius 3 is 2.75 bits per heavy atom. The van der Waals surface area contributed by atoms with Gasteiger partial charge in [-0.3, -0.25) is 0 Å². The third kappa shape index (κ3) is 3.91. The van der Waals surface area contributed by atoms with Crippen molar-refractivity contribution in [2.45, 2.75) is 12.5 Å². The van der Waals surface area contributed by atoms with Gasteiger partial charge in [-0.2, -0.15) is 0 Å². The molecule has 1 heterocycles. The Bertz CT molecular complexity index is 643. The zero-order valence-corrected chi connectivity index (χ0v) is 12.1. The number of benzene rings is 1. The number of anilines is 1.